The summed E-state index contributed by atoms with van der Waals surface area (Å²) in [6.07, 6.45) is 0. The van der Waals surface area contributed by atoms with E-state index in [-0.39, 0.29) is 5.92 Å². The van der Waals surface area contributed by atoms with Gasteiger partial charge in [0.05, 0.1) is 5.69 Å². The van der Waals surface area contributed by atoms with Crippen LogP contribution >= 0.6 is 11.3 Å². The fraction of sp³-hybridized carbons (Fsp3) is 0.333. The van der Waals surface area contributed by atoms with E-state index in [2.05, 4.69) is 11.1 Å². The van der Waals surface area contributed by atoms with Crippen LogP contribution in [-0.2, 0) is 0 Å². The quantitative estimate of drug-likeness (QED) is 0.911. The molecule has 1 heterocycles. The van der Waals surface area contributed by atoms with E-state index in [1.807, 2.05) is 39.8 Å². The van der Waals surface area contributed by atoms with Crippen molar-refractivity contribution in [1.82, 2.24) is 4.98 Å². The topological polar surface area (TPSA) is 50.2 Å². The fourth-order valence-electron chi connectivity index (χ4n) is 1.96. The molecule has 1 aromatic heterocycles. The molecule has 0 spiro atoms. The fourth-order valence-corrected chi connectivity index (χ4v) is 3.10. The second-order valence-electron chi connectivity index (χ2n) is 5.01. The third-order valence-electron chi connectivity index (χ3n) is 3.02. The highest BCUT2D eigenvalue weighted by molar-refractivity contribution is 7.17. The van der Waals surface area contributed by atoms with Crippen LogP contribution in [0.3, 0.4) is 0 Å². The molecule has 2 rings (SSSR count). The third-order valence-corrected chi connectivity index (χ3v) is 4.11. The van der Waals surface area contributed by atoms with E-state index in [4.69, 9.17) is 0 Å². The van der Waals surface area contributed by atoms with E-state index < -0.39 is 5.97 Å². The molecule has 19 heavy (non-hydrogen) atoms. The number of carboxylic acid groups (broad SMARTS) is 1. The second-order valence-corrected chi connectivity index (χ2v) is 6.01. The Morgan fingerprint density at radius 1 is 1.32 bits per heavy atom. The minimum atomic E-state index is -0.891. The smallest absolute Gasteiger partial charge is 0.347 e. The molecule has 0 fully saturated rings. The van der Waals surface area contributed by atoms with Crippen molar-refractivity contribution in [2.45, 2.75) is 33.6 Å². The molecule has 0 bridgehead atoms. The van der Waals surface area contributed by atoms with Crippen LogP contribution in [0.2, 0.25) is 0 Å². The Kier molecular flexibility index (Phi) is 3.71. The predicted molar refractivity (Wildman–Crippen MR) is 78.1 cm³/mol. The summed E-state index contributed by atoms with van der Waals surface area (Å²) in [6, 6.07) is 6.15. The molecule has 1 aromatic carbocycles. The first-order chi connectivity index (χ1) is 8.90. The van der Waals surface area contributed by atoms with E-state index in [0.29, 0.717) is 10.6 Å². The number of benzene rings is 1. The maximum atomic E-state index is 11.3. The van der Waals surface area contributed by atoms with Gasteiger partial charge in [-0.2, -0.15) is 0 Å². The van der Waals surface area contributed by atoms with Crippen molar-refractivity contribution < 1.29 is 9.90 Å². The van der Waals surface area contributed by atoms with Gasteiger partial charge < -0.3 is 5.11 Å². The third kappa shape index (κ3) is 2.68. The number of thiazole rings is 1. The molecule has 3 nitrogen and oxygen atoms in total. The molecular weight excluding hydrogens is 258 g/mol. The van der Waals surface area contributed by atoms with E-state index in [0.717, 1.165) is 21.7 Å². The highest BCUT2D eigenvalue weighted by Gasteiger charge is 2.20. The summed E-state index contributed by atoms with van der Waals surface area (Å²) < 4.78 is 0. The number of carbonyl (C=O) groups is 1. The van der Waals surface area contributed by atoms with Gasteiger partial charge in [0, 0.05) is 5.56 Å². The van der Waals surface area contributed by atoms with Crippen LogP contribution < -0.4 is 0 Å². The van der Waals surface area contributed by atoms with Gasteiger partial charge in [-0.3, -0.25) is 0 Å². The Balaban J connectivity index is 2.60. The number of hydrogen-bond acceptors (Lipinski definition) is 3. The standard InChI is InChI=1S/C15H17NO2S/c1-8(2)12-13(15(17)18)19-14(16-12)11-7-9(3)5-6-10(11)4/h5-8H,1-4H3,(H,17,18). The molecule has 0 radical (unpaired) electrons. The molecular formula is C15H17NO2S. The van der Waals surface area contributed by atoms with Gasteiger partial charge in [0.15, 0.2) is 0 Å². The lowest BCUT2D eigenvalue weighted by atomic mass is 10.1. The van der Waals surface area contributed by atoms with Gasteiger partial charge in [0.2, 0.25) is 0 Å². The van der Waals surface area contributed by atoms with Crippen molar-refractivity contribution in [2.75, 3.05) is 0 Å². The van der Waals surface area contributed by atoms with Crippen LogP contribution in [0.5, 0.6) is 0 Å². The largest absolute Gasteiger partial charge is 0.477 e. The minimum absolute atomic E-state index is 0.112. The summed E-state index contributed by atoms with van der Waals surface area (Å²) in [4.78, 5) is 16.2. The Labute approximate surface area is 116 Å². The summed E-state index contributed by atoms with van der Waals surface area (Å²) in [7, 11) is 0. The van der Waals surface area contributed by atoms with Gasteiger partial charge in [0.25, 0.3) is 0 Å². The summed E-state index contributed by atoms with van der Waals surface area (Å²) in [5, 5.41) is 10.1. The van der Waals surface area contributed by atoms with Crippen LogP contribution in [0, 0.1) is 13.8 Å². The Bertz CT molecular complexity index is 629. The second kappa shape index (κ2) is 5.13. The zero-order chi connectivity index (χ0) is 14.2. The molecule has 0 aliphatic rings. The first kappa shape index (κ1) is 13.7. The molecule has 0 saturated carbocycles. The molecule has 0 aliphatic heterocycles. The van der Waals surface area contributed by atoms with E-state index >= 15 is 0 Å². The Morgan fingerprint density at radius 3 is 2.53 bits per heavy atom. The first-order valence-corrected chi connectivity index (χ1v) is 7.03. The average molecular weight is 275 g/mol. The van der Waals surface area contributed by atoms with Crippen LogP contribution in [-0.4, -0.2) is 16.1 Å². The number of aromatic carboxylic acids is 1. The zero-order valence-electron chi connectivity index (χ0n) is 11.5. The number of nitrogens with zero attached hydrogens (tertiary/aromatic N) is 1. The van der Waals surface area contributed by atoms with Gasteiger partial charge in [-0.1, -0.05) is 31.5 Å². The van der Waals surface area contributed by atoms with Gasteiger partial charge >= 0.3 is 5.97 Å². The lowest BCUT2D eigenvalue weighted by Gasteiger charge is -2.03. The van der Waals surface area contributed by atoms with Crippen LogP contribution in [0.25, 0.3) is 10.6 Å². The Hall–Kier alpha value is -1.68. The van der Waals surface area contributed by atoms with E-state index in [9.17, 15) is 9.90 Å². The van der Waals surface area contributed by atoms with Crippen molar-refractivity contribution in [3.8, 4) is 10.6 Å². The summed E-state index contributed by atoms with van der Waals surface area (Å²) in [5.41, 5.74) is 3.97. The number of aryl methyl sites for hydroxylation is 2. The maximum absolute atomic E-state index is 11.3. The van der Waals surface area contributed by atoms with E-state index in [1.165, 1.54) is 11.3 Å². The average Bonchev–Trinajstić information content (AvgIpc) is 2.77. The number of hydrogen-bond donors (Lipinski definition) is 1. The number of aromatic nitrogens is 1. The summed E-state index contributed by atoms with van der Waals surface area (Å²) >= 11 is 1.26. The molecule has 0 saturated heterocycles. The monoisotopic (exact) mass is 275 g/mol. The molecule has 100 valence electrons. The molecule has 0 aliphatic carbocycles. The minimum Gasteiger partial charge on any atom is -0.477 e. The van der Waals surface area contributed by atoms with Gasteiger partial charge in [-0.25, -0.2) is 9.78 Å². The van der Waals surface area contributed by atoms with Crippen molar-refractivity contribution in [3.63, 3.8) is 0 Å². The highest BCUT2D eigenvalue weighted by Crippen LogP contribution is 2.33. The lowest BCUT2D eigenvalue weighted by Crippen LogP contribution is -2.00. The zero-order valence-corrected chi connectivity index (χ0v) is 12.3. The molecule has 0 amide bonds. The SMILES string of the molecule is Cc1ccc(C)c(-c2nc(C(C)C)c(C(=O)O)s2)c1. The van der Waals surface area contributed by atoms with Crippen LogP contribution in [0.15, 0.2) is 18.2 Å². The van der Waals surface area contributed by atoms with Crippen LogP contribution in [0.4, 0.5) is 0 Å². The van der Waals surface area contributed by atoms with Gasteiger partial charge in [0.1, 0.15) is 9.88 Å². The molecule has 1 N–H and O–H groups in total. The molecule has 4 heteroatoms. The van der Waals surface area contributed by atoms with Crippen molar-refractivity contribution in [3.05, 3.63) is 39.9 Å². The number of carboxylic acids is 1. The normalized spacial score (nSPS) is 11.0. The first-order valence-electron chi connectivity index (χ1n) is 6.21. The summed E-state index contributed by atoms with van der Waals surface area (Å²) in [6.45, 7) is 7.98. The van der Waals surface area contributed by atoms with Gasteiger partial charge in [-0.15, -0.1) is 11.3 Å². The lowest BCUT2D eigenvalue weighted by molar-refractivity contribution is 0.0700. The molecule has 0 unspecified atom stereocenters. The van der Waals surface area contributed by atoms with Crippen molar-refractivity contribution >= 4 is 17.3 Å². The predicted octanol–water partition coefficient (Wildman–Crippen LogP) is 4.25. The highest BCUT2D eigenvalue weighted by atomic mass is 32.1. The maximum Gasteiger partial charge on any atom is 0.347 e. The number of rotatable bonds is 3. The van der Waals surface area contributed by atoms with Crippen molar-refractivity contribution in [1.29, 1.82) is 0 Å². The molecule has 0 atom stereocenters. The van der Waals surface area contributed by atoms with Crippen LogP contribution in [0.1, 0.15) is 46.3 Å². The summed E-state index contributed by atoms with van der Waals surface area (Å²) in [5.74, 6) is -0.779. The van der Waals surface area contributed by atoms with Gasteiger partial charge in [-0.05, 0) is 31.4 Å². The molecule has 2 aromatic rings. The Morgan fingerprint density at radius 2 is 2.00 bits per heavy atom. The van der Waals surface area contributed by atoms with E-state index in [1.54, 1.807) is 0 Å². The van der Waals surface area contributed by atoms with Crippen molar-refractivity contribution in [2.24, 2.45) is 0 Å².